The summed E-state index contributed by atoms with van der Waals surface area (Å²) < 4.78 is 12.8. The van der Waals surface area contributed by atoms with Crippen molar-refractivity contribution in [2.24, 2.45) is 18.4 Å². The number of piperazine rings is 1. The molecule has 1 aliphatic heterocycles. The maximum atomic E-state index is 12.1. The van der Waals surface area contributed by atoms with Crippen molar-refractivity contribution in [1.29, 1.82) is 0 Å². The van der Waals surface area contributed by atoms with Gasteiger partial charge in [0.25, 0.3) is 0 Å². The number of anilines is 1. The average Bonchev–Trinajstić information content (AvgIpc) is 3.49. The van der Waals surface area contributed by atoms with Gasteiger partial charge in [0, 0.05) is 57.0 Å². The van der Waals surface area contributed by atoms with Crippen LogP contribution < -0.4 is 9.64 Å². The largest absolute Gasteiger partial charge is 0.467 e. The molecular weight excluding hydrogens is 496 g/mol. The van der Waals surface area contributed by atoms with Crippen LogP contribution in [0.15, 0.2) is 42.6 Å². The molecule has 4 aromatic rings. The lowest BCUT2D eigenvalue weighted by Crippen LogP contribution is -2.58. The SMILES string of the molecule is COCOc1cc2nn(C)cc2cc1-c1ccc2nc(N3CCN(C(=O)O)C4(CC4C(C)(C)C)C3)ccc2n1. The number of benzene rings is 1. The van der Waals surface area contributed by atoms with Crippen molar-refractivity contribution in [1.82, 2.24) is 24.6 Å². The van der Waals surface area contributed by atoms with E-state index in [1.165, 1.54) is 0 Å². The second kappa shape index (κ2) is 9.08. The van der Waals surface area contributed by atoms with Crippen molar-refractivity contribution >= 4 is 33.8 Å². The highest BCUT2D eigenvalue weighted by Gasteiger charge is 2.65. The van der Waals surface area contributed by atoms with Gasteiger partial charge in [-0.3, -0.25) is 9.58 Å². The molecule has 10 heteroatoms. The summed E-state index contributed by atoms with van der Waals surface area (Å²) in [6.07, 6.45) is 2.02. The van der Waals surface area contributed by atoms with Crippen LogP contribution in [0.3, 0.4) is 0 Å². The van der Waals surface area contributed by atoms with E-state index in [1.807, 2.05) is 49.6 Å². The molecule has 1 saturated heterocycles. The zero-order chi connectivity index (χ0) is 27.5. The Morgan fingerprint density at radius 3 is 2.59 bits per heavy atom. The summed E-state index contributed by atoms with van der Waals surface area (Å²) in [4.78, 5) is 25.8. The van der Waals surface area contributed by atoms with Crippen LogP contribution in [0.4, 0.5) is 10.6 Å². The molecule has 6 rings (SSSR count). The first-order valence-electron chi connectivity index (χ1n) is 13.2. The average molecular weight is 531 g/mol. The number of fused-ring (bicyclic) bond motifs is 2. The Kier molecular flexibility index (Phi) is 5.91. The Balaban J connectivity index is 1.32. The second-order valence-electron chi connectivity index (χ2n) is 11.7. The summed E-state index contributed by atoms with van der Waals surface area (Å²) in [7, 11) is 3.48. The molecule has 204 valence electrons. The molecule has 2 fully saturated rings. The van der Waals surface area contributed by atoms with Crippen LogP contribution in [0.2, 0.25) is 0 Å². The lowest BCUT2D eigenvalue weighted by molar-refractivity contribution is 0.0516. The first-order valence-corrected chi connectivity index (χ1v) is 13.2. The maximum absolute atomic E-state index is 12.1. The molecule has 2 unspecified atom stereocenters. The van der Waals surface area contributed by atoms with Crippen LogP contribution in [-0.4, -0.2) is 74.9 Å². The van der Waals surface area contributed by atoms with Gasteiger partial charge in [-0.05, 0) is 48.1 Å². The maximum Gasteiger partial charge on any atom is 0.407 e. The highest BCUT2D eigenvalue weighted by atomic mass is 16.7. The van der Waals surface area contributed by atoms with Gasteiger partial charge in [-0.1, -0.05) is 20.8 Å². The normalized spacial score (nSPS) is 21.2. The van der Waals surface area contributed by atoms with Crippen LogP contribution in [0.25, 0.3) is 33.2 Å². The van der Waals surface area contributed by atoms with E-state index in [0.29, 0.717) is 31.3 Å². The van der Waals surface area contributed by atoms with E-state index in [-0.39, 0.29) is 17.7 Å². The molecule has 4 heterocycles. The quantitative estimate of drug-likeness (QED) is 0.368. The molecule has 3 aromatic heterocycles. The van der Waals surface area contributed by atoms with E-state index in [4.69, 9.17) is 19.4 Å². The van der Waals surface area contributed by atoms with E-state index >= 15 is 0 Å². The van der Waals surface area contributed by atoms with Gasteiger partial charge in [0.15, 0.2) is 6.79 Å². The van der Waals surface area contributed by atoms with Crippen molar-refractivity contribution in [3.63, 3.8) is 0 Å². The topological polar surface area (TPSA) is 106 Å². The highest BCUT2D eigenvalue weighted by molar-refractivity contribution is 5.89. The van der Waals surface area contributed by atoms with Crippen LogP contribution in [0.5, 0.6) is 5.75 Å². The van der Waals surface area contributed by atoms with Crippen LogP contribution in [0.1, 0.15) is 27.2 Å². The third-order valence-corrected chi connectivity index (χ3v) is 8.10. The van der Waals surface area contributed by atoms with E-state index in [1.54, 1.807) is 16.7 Å². The van der Waals surface area contributed by atoms with Crippen LogP contribution in [-0.2, 0) is 11.8 Å². The number of hydrogen-bond acceptors (Lipinski definition) is 7. The Labute approximate surface area is 227 Å². The summed E-state index contributed by atoms with van der Waals surface area (Å²) in [5, 5.41) is 15.4. The fraction of sp³-hybridized carbons (Fsp3) is 0.448. The van der Waals surface area contributed by atoms with Gasteiger partial charge in [-0.15, -0.1) is 0 Å². The number of carboxylic acid groups (broad SMARTS) is 1. The van der Waals surface area contributed by atoms with Gasteiger partial charge in [0.05, 0.1) is 27.8 Å². The molecule has 1 aromatic carbocycles. The summed E-state index contributed by atoms with van der Waals surface area (Å²) >= 11 is 0. The standard InChI is InChI=1S/C29H34N6O4/c1-28(2,3)25-14-29(25)16-34(10-11-35(29)27(36)37)26-9-8-21-22(31-26)7-6-20(30-21)19-12-18-15-33(4)32-23(18)13-24(19)39-17-38-5/h6-9,12-13,15,25H,10-11,14,16-17H2,1-5H3,(H,36,37). The summed E-state index contributed by atoms with van der Waals surface area (Å²) in [6, 6.07) is 11.9. The minimum Gasteiger partial charge on any atom is -0.467 e. The summed E-state index contributed by atoms with van der Waals surface area (Å²) in [6.45, 7) is 8.44. The second-order valence-corrected chi connectivity index (χ2v) is 11.7. The highest BCUT2D eigenvalue weighted by Crippen LogP contribution is 2.59. The molecule has 1 aliphatic carbocycles. The van der Waals surface area contributed by atoms with Gasteiger partial charge in [-0.25, -0.2) is 14.8 Å². The zero-order valence-electron chi connectivity index (χ0n) is 23.0. The van der Waals surface area contributed by atoms with E-state index < -0.39 is 6.09 Å². The monoisotopic (exact) mass is 530 g/mol. The smallest absolute Gasteiger partial charge is 0.407 e. The predicted octanol–water partition coefficient (Wildman–Crippen LogP) is 4.77. The van der Waals surface area contributed by atoms with Gasteiger partial charge >= 0.3 is 6.09 Å². The van der Waals surface area contributed by atoms with Crippen molar-refractivity contribution in [2.75, 3.05) is 38.4 Å². The number of hydrogen-bond donors (Lipinski definition) is 1. The van der Waals surface area contributed by atoms with E-state index in [0.717, 1.165) is 45.4 Å². The zero-order valence-corrected chi connectivity index (χ0v) is 23.0. The van der Waals surface area contributed by atoms with Gasteiger partial charge < -0.3 is 19.5 Å². The van der Waals surface area contributed by atoms with Crippen molar-refractivity contribution < 1.29 is 19.4 Å². The summed E-state index contributed by atoms with van der Waals surface area (Å²) in [5.74, 6) is 1.82. The minimum absolute atomic E-state index is 0.0402. The number of amides is 1. The molecule has 2 aliphatic rings. The van der Waals surface area contributed by atoms with Crippen molar-refractivity contribution in [2.45, 2.75) is 32.7 Å². The van der Waals surface area contributed by atoms with Crippen LogP contribution >= 0.6 is 0 Å². The number of pyridine rings is 2. The third kappa shape index (κ3) is 4.42. The lowest BCUT2D eigenvalue weighted by atomic mass is 9.86. The fourth-order valence-corrected chi connectivity index (χ4v) is 6.24. The number of nitrogens with zero attached hydrogens (tertiary/aromatic N) is 6. The van der Waals surface area contributed by atoms with Gasteiger partial charge in [0.2, 0.25) is 0 Å². The number of ether oxygens (including phenoxy) is 2. The molecule has 0 radical (unpaired) electrons. The lowest BCUT2D eigenvalue weighted by Gasteiger charge is -2.43. The first-order chi connectivity index (χ1) is 18.6. The van der Waals surface area contributed by atoms with Crippen molar-refractivity contribution in [3.8, 4) is 17.0 Å². The van der Waals surface area contributed by atoms with Crippen molar-refractivity contribution in [3.05, 3.63) is 42.6 Å². The van der Waals surface area contributed by atoms with Gasteiger partial charge in [-0.2, -0.15) is 5.10 Å². The molecule has 1 amide bonds. The Morgan fingerprint density at radius 1 is 1.10 bits per heavy atom. The Bertz CT molecular complexity index is 1580. The van der Waals surface area contributed by atoms with E-state index in [9.17, 15) is 9.90 Å². The number of aromatic nitrogens is 4. The molecule has 1 saturated carbocycles. The first kappa shape index (κ1) is 25.4. The van der Waals surface area contributed by atoms with E-state index in [2.05, 4.69) is 30.8 Å². The summed E-state index contributed by atoms with van der Waals surface area (Å²) in [5.41, 5.74) is 3.71. The minimum atomic E-state index is -0.831. The fourth-order valence-electron chi connectivity index (χ4n) is 6.24. The van der Waals surface area contributed by atoms with Crippen LogP contribution in [0, 0.1) is 11.3 Å². The molecule has 1 N–H and O–H groups in total. The molecule has 1 spiro atoms. The third-order valence-electron chi connectivity index (χ3n) is 8.10. The number of carbonyl (C=O) groups is 1. The Hall–Kier alpha value is -3.92. The molecule has 0 bridgehead atoms. The Morgan fingerprint density at radius 2 is 1.87 bits per heavy atom. The number of rotatable bonds is 5. The molecular formula is C29H34N6O4. The molecule has 39 heavy (non-hydrogen) atoms. The molecule has 2 atom stereocenters. The molecule has 10 nitrogen and oxygen atoms in total. The predicted molar refractivity (Wildman–Crippen MR) is 149 cm³/mol. The van der Waals surface area contributed by atoms with Gasteiger partial charge in [0.1, 0.15) is 11.6 Å². The number of methoxy groups -OCH3 is 1. The number of aryl methyl sites for hydroxylation is 1.